The summed E-state index contributed by atoms with van der Waals surface area (Å²) in [4.78, 5) is 26.8. The first-order valence-electron chi connectivity index (χ1n) is 9.02. The fourth-order valence-corrected chi connectivity index (χ4v) is 3.08. The third-order valence-electron chi connectivity index (χ3n) is 4.38. The molecule has 0 atom stereocenters. The van der Waals surface area contributed by atoms with E-state index in [-0.39, 0.29) is 18.1 Å². The van der Waals surface area contributed by atoms with E-state index in [1.54, 1.807) is 40.9 Å². The van der Waals surface area contributed by atoms with Crippen LogP contribution in [-0.4, -0.2) is 38.8 Å². The number of rotatable bonds is 2. The lowest BCUT2D eigenvalue weighted by molar-refractivity contribution is 0.0222. The Kier molecular flexibility index (Phi) is 5.10. The van der Waals surface area contributed by atoms with Crippen molar-refractivity contribution in [3.8, 4) is 6.07 Å². The van der Waals surface area contributed by atoms with Crippen LogP contribution in [0.25, 0.3) is 0 Å². The summed E-state index contributed by atoms with van der Waals surface area (Å²) in [6, 6.07) is 8.63. The second kappa shape index (κ2) is 7.35. The number of ether oxygens (including phenoxy) is 1. The summed E-state index contributed by atoms with van der Waals surface area (Å²) in [6.07, 6.45) is 0.197. The molecule has 1 N–H and O–H groups in total. The molecule has 2 amide bonds. The summed E-state index contributed by atoms with van der Waals surface area (Å²) in [5.41, 5.74) is 2.46. The van der Waals surface area contributed by atoms with Gasteiger partial charge in [-0.3, -0.25) is 9.48 Å². The fraction of sp³-hybridized carbons (Fsp3) is 0.400. The molecule has 8 nitrogen and oxygen atoms in total. The number of hydrogen-bond donors (Lipinski definition) is 1. The van der Waals surface area contributed by atoms with Crippen LogP contribution in [-0.2, 0) is 24.8 Å². The van der Waals surface area contributed by atoms with E-state index >= 15 is 0 Å². The number of carbonyl (C=O) groups is 2. The van der Waals surface area contributed by atoms with Crippen molar-refractivity contribution in [2.75, 3.05) is 11.9 Å². The van der Waals surface area contributed by atoms with E-state index in [1.165, 1.54) is 0 Å². The van der Waals surface area contributed by atoms with E-state index in [4.69, 9.17) is 10.00 Å². The molecule has 0 bridgehead atoms. The van der Waals surface area contributed by atoms with Crippen molar-refractivity contribution in [3.63, 3.8) is 0 Å². The van der Waals surface area contributed by atoms with Crippen LogP contribution >= 0.6 is 0 Å². The van der Waals surface area contributed by atoms with Crippen molar-refractivity contribution < 1.29 is 14.3 Å². The number of hydrogen-bond acceptors (Lipinski definition) is 5. The molecule has 0 fully saturated rings. The van der Waals surface area contributed by atoms with Gasteiger partial charge in [0.1, 0.15) is 5.60 Å². The Balaban J connectivity index is 1.80. The molecule has 3 rings (SSSR count). The lowest BCUT2D eigenvalue weighted by atomic mass is 10.0. The number of nitriles is 1. The van der Waals surface area contributed by atoms with Crippen molar-refractivity contribution in [3.05, 3.63) is 46.8 Å². The maximum absolute atomic E-state index is 12.8. The second-order valence-electron chi connectivity index (χ2n) is 7.69. The van der Waals surface area contributed by atoms with Gasteiger partial charge in [-0.1, -0.05) is 0 Å². The summed E-state index contributed by atoms with van der Waals surface area (Å²) in [5.74, 6) is -0.354. The minimum absolute atomic E-state index is 0.272. The average Bonchev–Trinajstić information content (AvgIpc) is 2.97. The van der Waals surface area contributed by atoms with Gasteiger partial charge in [0.25, 0.3) is 5.91 Å². The quantitative estimate of drug-likeness (QED) is 0.862. The molecule has 8 heteroatoms. The van der Waals surface area contributed by atoms with E-state index in [2.05, 4.69) is 10.4 Å². The molecule has 28 heavy (non-hydrogen) atoms. The monoisotopic (exact) mass is 381 g/mol. The number of aryl methyl sites for hydroxylation is 1. The van der Waals surface area contributed by atoms with E-state index in [9.17, 15) is 9.59 Å². The van der Waals surface area contributed by atoms with Crippen molar-refractivity contribution in [2.24, 2.45) is 7.05 Å². The van der Waals surface area contributed by atoms with E-state index in [0.717, 1.165) is 11.3 Å². The highest BCUT2D eigenvalue weighted by atomic mass is 16.6. The highest BCUT2D eigenvalue weighted by molar-refractivity contribution is 6.04. The van der Waals surface area contributed by atoms with Gasteiger partial charge in [0, 0.05) is 37.0 Å². The molecule has 1 aliphatic rings. The van der Waals surface area contributed by atoms with Crippen molar-refractivity contribution in [1.82, 2.24) is 14.7 Å². The zero-order valence-corrected chi connectivity index (χ0v) is 16.4. The van der Waals surface area contributed by atoms with Gasteiger partial charge in [-0.25, -0.2) is 4.79 Å². The molecule has 0 unspecified atom stereocenters. The number of anilines is 1. The minimum Gasteiger partial charge on any atom is -0.444 e. The Bertz CT molecular complexity index is 948. The van der Waals surface area contributed by atoms with Crippen LogP contribution in [0.2, 0.25) is 0 Å². The third kappa shape index (κ3) is 4.14. The SMILES string of the molecule is Cn1nc(C(=O)Nc2ccc(C#N)cc2)c2c1CCN(C(=O)OC(C)(C)C)C2. The number of carbonyl (C=O) groups excluding carboxylic acids is 2. The third-order valence-corrected chi connectivity index (χ3v) is 4.38. The Morgan fingerprint density at radius 3 is 2.54 bits per heavy atom. The molecule has 1 aromatic heterocycles. The number of nitrogens with zero attached hydrogens (tertiary/aromatic N) is 4. The number of nitrogens with one attached hydrogen (secondary N) is 1. The molecule has 1 aliphatic heterocycles. The topological polar surface area (TPSA) is 100 Å². The van der Waals surface area contributed by atoms with Gasteiger partial charge >= 0.3 is 6.09 Å². The number of aromatic nitrogens is 2. The van der Waals surface area contributed by atoms with Gasteiger partial charge in [0.2, 0.25) is 0 Å². The molecule has 0 saturated heterocycles. The van der Waals surface area contributed by atoms with Gasteiger partial charge in [-0.05, 0) is 45.0 Å². The molecule has 1 aromatic carbocycles. The predicted octanol–water partition coefficient (Wildman–Crippen LogP) is 2.84. The first kappa shape index (κ1) is 19.4. The summed E-state index contributed by atoms with van der Waals surface area (Å²) in [5, 5.41) is 16.0. The van der Waals surface area contributed by atoms with Crippen molar-refractivity contribution in [2.45, 2.75) is 39.3 Å². The van der Waals surface area contributed by atoms with Gasteiger partial charge in [0.05, 0.1) is 18.2 Å². The van der Waals surface area contributed by atoms with Crippen LogP contribution in [0, 0.1) is 11.3 Å². The average molecular weight is 381 g/mol. The van der Waals surface area contributed by atoms with Gasteiger partial charge in [-0.2, -0.15) is 10.4 Å². The maximum Gasteiger partial charge on any atom is 0.410 e. The lowest BCUT2D eigenvalue weighted by Gasteiger charge is -2.30. The first-order valence-corrected chi connectivity index (χ1v) is 9.02. The van der Waals surface area contributed by atoms with E-state index < -0.39 is 11.7 Å². The molecule has 2 aromatic rings. The largest absolute Gasteiger partial charge is 0.444 e. The number of benzene rings is 1. The minimum atomic E-state index is -0.581. The van der Waals surface area contributed by atoms with E-state index in [0.29, 0.717) is 24.2 Å². The Morgan fingerprint density at radius 2 is 1.93 bits per heavy atom. The molecular formula is C20H23N5O3. The number of fused-ring (bicyclic) bond motifs is 1. The highest BCUT2D eigenvalue weighted by Crippen LogP contribution is 2.24. The summed E-state index contributed by atoms with van der Waals surface area (Å²) in [7, 11) is 1.79. The van der Waals surface area contributed by atoms with Crippen LogP contribution in [0.1, 0.15) is 48.1 Å². The van der Waals surface area contributed by atoms with Crippen LogP contribution in [0.15, 0.2) is 24.3 Å². The van der Waals surface area contributed by atoms with Crippen LogP contribution in [0.3, 0.4) is 0 Å². The number of amides is 2. The zero-order chi connectivity index (χ0) is 20.5. The molecule has 0 aliphatic carbocycles. The Hall–Kier alpha value is -3.34. The predicted molar refractivity (Wildman–Crippen MR) is 103 cm³/mol. The Labute approximate surface area is 163 Å². The molecule has 0 radical (unpaired) electrons. The second-order valence-corrected chi connectivity index (χ2v) is 7.69. The van der Waals surface area contributed by atoms with E-state index in [1.807, 2.05) is 26.8 Å². The summed E-state index contributed by atoms with van der Waals surface area (Å²) < 4.78 is 7.14. The maximum atomic E-state index is 12.8. The summed E-state index contributed by atoms with van der Waals surface area (Å²) in [6.45, 7) is 6.24. The van der Waals surface area contributed by atoms with Crippen LogP contribution in [0.5, 0.6) is 0 Å². The standard InChI is InChI=1S/C20H23N5O3/c1-20(2,3)28-19(27)25-10-9-16-15(12-25)17(23-24(16)4)18(26)22-14-7-5-13(11-21)6-8-14/h5-8H,9-10,12H2,1-4H3,(H,22,26). The molecule has 2 heterocycles. The van der Waals surface area contributed by atoms with Crippen molar-refractivity contribution >= 4 is 17.7 Å². The van der Waals surface area contributed by atoms with Crippen molar-refractivity contribution in [1.29, 1.82) is 5.26 Å². The first-order chi connectivity index (χ1) is 13.2. The molecule has 0 saturated carbocycles. The Morgan fingerprint density at radius 1 is 1.25 bits per heavy atom. The van der Waals surface area contributed by atoms with Gasteiger partial charge in [-0.15, -0.1) is 0 Å². The van der Waals surface area contributed by atoms with Gasteiger partial charge < -0.3 is 15.0 Å². The van der Waals surface area contributed by atoms with Crippen LogP contribution < -0.4 is 5.32 Å². The smallest absolute Gasteiger partial charge is 0.410 e. The molecule has 146 valence electrons. The highest BCUT2D eigenvalue weighted by Gasteiger charge is 2.31. The molecular weight excluding hydrogens is 358 g/mol. The lowest BCUT2D eigenvalue weighted by Crippen LogP contribution is -2.40. The van der Waals surface area contributed by atoms with Gasteiger partial charge in [0.15, 0.2) is 5.69 Å². The molecule has 0 spiro atoms. The fourth-order valence-electron chi connectivity index (χ4n) is 3.08. The summed E-state index contributed by atoms with van der Waals surface area (Å²) >= 11 is 0. The zero-order valence-electron chi connectivity index (χ0n) is 16.4. The van der Waals surface area contributed by atoms with Crippen LogP contribution in [0.4, 0.5) is 10.5 Å². The normalized spacial score (nSPS) is 13.5.